The Kier molecular flexibility index (Phi) is 3.47. The molecule has 0 amide bonds. The van der Waals surface area contributed by atoms with Crippen LogP contribution in [-0.4, -0.2) is 12.6 Å². The zero-order valence-electron chi connectivity index (χ0n) is 8.42. The molecule has 1 atom stereocenters. The summed E-state index contributed by atoms with van der Waals surface area (Å²) in [6, 6.07) is 4.97. The molecule has 78 valence electrons. The van der Waals surface area contributed by atoms with E-state index in [1.165, 1.54) is 24.1 Å². The molecule has 1 nitrogen and oxygen atoms in total. The van der Waals surface area contributed by atoms with Gasteiger partial charge >= 0.3 is 0 Å². The lowest BCUT2D eigenvalue weighted by atomic mass is 10.1. The van der Waals surface area contributed by atoms with Gasteiger partial charge in [0.05, 0.1) is 4.34 Å². The predicted octanol–water partition coefficient (Wildman–Crippen LogP) is 3.65. The van der Waals surface area contributed by atoms with Crippen molar-refractivity contribution >= 4 is 22.9 Å². The molecule has 1 aromatic heterocycles. The van der Waals surface area contributed by atoms with Crippen molar-refractivity contribution in [3.05, 3.63) is 21.3 Å². The molecule has 0 spiro atoms. The van der Waals surface area contributed by atoms with Crippen molar-refractivity contribution in [3.63, 3.8) is 0 Å². The second kappa shape index (κ2) is 4.65. The van der Waals surface area contributed by atoms with E-state index in [4.69, 9.17) is 11.6 Å². The van der Waals surface area contributed by atoms with Gasteiger partial charge in [-0.05, 0) is 43.9 Å². The Morgan fingerprint density at radius 2 is 2.36 bits per heavy atom. The molecule has 0 aromatic carbocycles. The SMILES string of the molecule is CC(CCNC1CC1)c1ccc(Cl)s1. The van der Waals surface area contributed by atoms with Crippen LogP contribution in [0.5, 0.6) is 0 Å². The third kappa shape index (κ3) is 2.97. The summed E-state index contributed by atoms with van der Waals surface area (Å²) < 4.78 is 0.905. The van der Waals surface area contributed by atoms with Crippen molar-refractivity contribution in [3.8, 4) is 0 Å². The monoisotopic (exact) mass is 229 g/mol. The van der Waals surface area contributed by atoms with Gasteiger partial charge in [0.1, 0.15) is 0 Å². The van der Waals surface area contributed by atoms with Crippen LogP contribution in [-0.2, 0) is 0 Å². The first-order valence-corrected chi connectivity index (χ1v) is 6.44. The molecule has 14 heavy (non-hydrogen) atoms. The smallest absolute Gasteiger partial charge is 0.0931 e. The molecule has 1 aromatic rings. The lowest BCUT2D eigenvalue weighted by Gasteiger charge is -2.09. The van der Waals surface area contributed by atoms with Crippen LogP contribution in [0.3, 0.4) is 0 Å². The molecule has 3 heteroatoms. The molecule has 1 aliphatic carbocycles. The minimum Gasteiger partial charge on any atom is -0.314 e. The van der Waals surface area contributed by atoms with Crippen molar-refractivity contribution in [2.45, 2.75) is 38.1 Å². The maximum Gasteiger partial charge on any atom is 0.0931 e. The quantitative estimate of drug-likeness (QED) is 0.813. The van der Waals surface area contributed by atoms with Gasteiger partial charge in [0.15, 0.2) is 0 Å². The van der Waals surface area contributed by atoms with E-state index in [9.17, 15) is 0 Å². The molecule has 1 unspecified atom stereocenters. The molecular formula is C11H16ClNS. The summed E-state index contributed by atoms with van der Waals surface area (Å²) in [5.74, 6) is 0.638. The van der Waals surface area contributed by atoms with Crippen LogP contribution in [0.15, 0.2) is 12.1 Å². The third-order valence-corrected chi connectivity index (χ3v) is 4.13. The van der Waals surface area contributed by atoms with Crippen LogP contribution < -0.4 is 5.32 Å². The first kappa shape index (κ1) is 10.5. The number of hydrogen-bond donors (Lipinski definition) is 1. The second-order valence-electron chi connectivity index (χ2n) is 4.06. The largest absolute Gasteiger partial charge is 0.314 e. The molecule has 0 bridgehead atoms. The van der Waals surface area contributed by atoms with Crippen molar-refractivity contribution in [1.82, 2.24) is 5.32 Å². The number of thiophene rings is 1. The highest BCUT2D eigenvalue weighted by Crippen LogP contribution is 2.29. The van der Waals surface area contributed by atoms with E-state index in [0.717, 1.165) is 16.9 Å². The Morgan fingerprint density at radius 3 is 2.93 bits per heavy atom. The minimum absolute atomic E-state index is 0.638. The molecule has 1 fully saturated rings. The highest BCUT2D eigenvalue weighted by Gasteiger charge is 2.20. The average Bonchev–Trinajstić information content (AvgIpc) is 2.87. The van der Waals surface area contributed by atoms with Crippen LogP contribution >= 0.6 is 22.9 Å². The summed E-state index contributed by atoms with van der Waals surface area (Å²) >= 11 is 7.61. The van der Waals surface area contributed by atoms with Gasteiger partial charge in [0.2, 0.25) is 0 Å². The minimum atomic E-state index is 0.638. The summed E-state index contributed by atoms with van der Waals surface area (Å²) in [5.41, 5.74) is 0. The summed E-state index contributed by atoms with van der Waals surface area (Å²) in [6.07, 6.45) is 3.96. The summed E-state index contributed by atoms with van der Waals surface area (Å²) in [4.78, 5) is 1.41. The van der Waals surface area contributed by atoms with Gasteiger partial charge in [-0.2, -0.15) is 0 Å². The molecule has 0 radical (unpaired) electrons. The first-order chi connectivity index (χ1) is 6.75. The topological polar surface area (TPSA) is 12.0 Å². The van der Waals surface area contributed by atoms with Gasteiger partial charge in [-0.3, -0.25) is 0 Å². The molecule has 0 saturated heterocycles. The zero-order valence-corrected chi connectivity index (χ0v) is 10.00. The molecule has 2 rings (SSSR count). The fraction of sp³-hybridized carbons (Fsp3) is 0.636. The van der Waals surface area contributed by atoms with Crippen LogP contribution in [0.2, 0.25) is 4.34 Å². The Hall–Kier alpha value is -0.0500. The standard InChI is InChI=1S/C11H16ClNS/c1-8(6-7-13-9-2-3-9)10-4-5-11(12)14-10/h4-5,8-9,13H,2-3,6-7H2,1H3. The number of rotatable bonds is 5. The first-order valence-electron chi connectivity index (χ1n) is 5.24. The molecule has 1 heterocycles. The van der Waals surface area contributed by atoms with E-state index in [2.05, 4.69) is 18.3 Å². The van der Waals surface area contributed by atoms with Crippen LogP contribution in [0.4, 0.5) is 0 Å². The van der Waals surface area contributed by atoms with Gasteiger partial charge in [-0.1, -0.05) is 18.5 Å². The van der Waals surface area contributed by atoms with Crippen molar-refractivity contribution in [1.29, 1.82) is 0 Å². The molecule has 1 aliphatic rings. The van der Waals surface area contributed by atoms with Crippen molar-refractivity contribution in [2.24, 2.45) is 0 Å². The van der Waals surface area contributed by atoms with Crippen molar-refractivity contribution in [2.75, 3.05) is 6.54 Å². The third-order valence-electron chi connectivity index (χ3n) is 2.67. The van der Waals surface area contributed by atoms with E-state index in [1.807, 2.05) is 6.07 Å². The van der Waals surface area contributed by atoms with Crippen LogP contribution in [0.25, 0.3) is 0 Å². The molecule has 1 saturated carbocycles. The number of nitrogens with one attached hydrogen (secondary N) is 1. The summed E-state index contributed by atoms with van der Waals surface area (Å²) in [7, 11) is 0. The van der Waals surface area contributed by atoms with E-state index in [0.29, 0.717) is 5.92 Å². The Labute approximate surface area is 94.5 Å². The Bertz CT molecular complexity index is 293. The van der Waals surface area contributed by atoms with Crippen LogP contribution in [0.1, 0.15) is 37.0 Å². The highest BCUT2D eigenvalue weighted by atomic mass is 35.5. The fourth-order valence-electron chi connectivity index (χ4n) is 1.53. The van der Waals surface area contributed by atoms with E-state index < -0.39 is 0 Å². The van der Waals surface area contributed by atoms with Gasteiger partial charge < -0.3 is 5.32 Å². The molecule has 1 N–H and O–H groups in total. The van der Waals surface area contributed by atoms with E-state index >= 15 is 0 Å². The van der Waals surface area contributed by atoms with Gasteiger partial charge in [0.25, 0.3) is 0 Å². The molecular weight excluding hydrogens is 214 g/mol. The maximum absolute atomic E-state index is 5.90. The summed E-state index contributed by atoms with van der Waals surface area (Å²) in [6.45, 7) is 3.41. The Balaban J connectivity index is 1.73. The lowest BCUT2D eigenvalue weighted by molar-refractivity contribution is 0.597. The second-order valence-corrected chi connectivity index (χ2v) is 5.81. The lowest BCUT2D eigenvalue weighted by Crippen LogP contribution is -2.18. The van der Waals surface area contributed by atoms with E-state index in [-0.39, 0.29) is 0 Å². The number of hydrogen-bond acceptors (Lipinski definition) is 2. The van der Waals surface area contributed by atoms with Crippen molar-refractivity contribution < 1.29 is 0 Å². The van der Waals surface area contributed by atoms with Gasteiger partial charge in [0, 0.05) is 10.9 Å². The van der Waals surface area contributed by atoms with Gasteiger partial charge in [-0.15, -0.1) is 11.3 Å². The highest BCUT2D eigenvalue weighted by molar-refractivity contribution is 7.16. The van der Waals surface area contributed by atoms with Crippen LogP contribution in [0, 0.1) is 0 Å². The Morgan fingerprint density at radius 1 is 1.57 bits per heavy atom. The number of halogens is 1. The normalized spacial score (nSPS) is 18.4. The predicted molar refractivity (Wildman–Crippen MR) is 63.4 cm³/mol. The fourth-order valence-corrected chi connectivity index (χ4v) is 2.67. The zero-order chi connectivity index (χ0) is 9.97. The van der Waals surface area contributed by atoms with E-state index in [1.54, 1.807) is 11.3 Å². The summed E-state index contributed by atoms with van der Waals surface area (Å²) in [5, 5.41) is 3.54. The maximum atomic E-state index is 5.90. The van der Waals surface area contributed by atoms with Gasteiger partial charge in [-0.25, -0.2) is 0 Å². The molecule has 0 aliphatic heterocycles. The average molecular weight is 230 g/mol.